The Hall–Kier alpha value is -2.85. The Morgan fingerprint density at radius 3 is 2.52 bits per heavy atom. The van der Waals surface area contributed by atoms with E-state index in [1.165, 1.54) is 7.05 Å². The third-order valence-electron chi connectivity index (χ3n) is 4.46. The van der Waals surface area contributed by atoms with E-state index in [4.69, 9.17) is 0 Å². The molecule has 8 nitrogen and oxygen atoms in total. The largest absolute Gasteiger partial charge is 0.358 e. The van der Waals surface area contributed by atoms with E-state index < -0.39 is 43.3 Å². The van der Waals surface area contributed by atoms with Gasteiger partial charge in [-0.25, -0.2) is 12.8 Å². The van der Waals surface area contributed by atoms with Crippen molar-refractivity contribution in [1.82, 2.24) is 9.62 Å². The zero-order valence-corrected chi connectivity index (χ0v) is 15.1. The van der Waals surface area contributed by atoms with Crippen molar-refractivity contribution in [2.24, 2.45) is 0 Å². The van der Waals surface area contributed by atoms with E-state index in [1.807, 2.05) is 0 Å². The van der Waals surface area contributed by atoms with Crippen LogP contribution in [0, 0.1) is 15.9 Å². The lowest BCUT2D eigenvalue weighted by molar-refractivity contribution is -0.388. The molecule has 1 atom stereocenters. The van der Waals surface area contributed by atoms with E-state index in [0.29, 0.717) is 5.56 Å². The third-order valence-corrected chi connectivity index (χ3v) is 6.39. The van der Waals surface area contributed by atoms with Gasteiger partial charge in [0.25, 0.3) is 15.7 Å². The second kappa shape index (κ2) is 7.05. The van der Waals surface area contributed by atoms with Crippen molar-refractivity contribution >= 4 is 21.6 Å². The molecule has 142 valence electrons. The van der Waals surface area contributed by atoms with Crippen LogP contribution in [0.1, 0.15) is 11.1 Å². The molecule has 0 bridgehead atoms. The summed E-state index contributed by atoms with van der Waals surface area (Å²) in [5.41, 5.74) is 0.574. The number of likely N-dealkylation sites (N-methyl/N-ethyl adjacent to an activating group) is 1. The van der Waals surface area contributed by atoms with Crippen LogP contribution < -0.4 is 5.32 Å². The molecule has 10 heteroatoms. The number of carbonyl (C=O) groups is 1. The van der Waals surface area contributed by atoms with Crippen LogP contribution in [0.3, 0.4) is 0 Å². The van der Waals surface area contributed by atoms with Gasteiger partial charge in [0.15, 0.2) is 4.90 Å². The highest BCUT2D eigenvalue weighted by molar-refractivity contribution is 7.89. The number of fused-ring (bicyclic) bond motifs is 1. The van der Waals surface area contributed by atoms with Crippen molar-refractivity contribution in [2.45, 2.75) is 23.9 Å². The number of halogens is 1. The normalized spacial score (nSPS) is 17.2. The monoisotopic (exact) mass is 393 g/mol. The van der Waals surface area contributed by atoms with E-state index in [-0.39, 0.29) is 13.0 Å². The summed E-state index contributed by atoms with van der Waals surface area (Å²) in [7, 11) is -3.30. The zero-order valence-electron chi connectivity index (χ0n) is 14.3. The lowest BCUT2D eigenvalue weighted by atomic mass is 9.95. The predicted octanol–water partition coefficient (Wildman–Crippen LogP) is 1.60. The smallest absolute Gasteiger partial charge is 0.292 e. The Balaban J connectivity index is 2.18. The summed E-state index contributed by atoms with van der Waals surface area (Å²) < 4.78 is 41.5. The van der Waals surface area contributed by atoms with Gasteiger partial charge in [-0.15, -0.1) is 0 Å². The molecule has 0 aromatic heterocycles. The van der Waals surface area contributed by atoms with Crippen LogP contribution in [0.4, 0.5) is 10.1 Å². The minimum atomic E-state index is -4.66. The Kier molecular flexibility index (Phi) is 4.94. The first-order valence-electron chi connectivity index (χ1n) is 8.00. The molecule has 3 rings (SSSR count). The van der Waals surface area contributed by atoms with E-state index in [2.05, 4.69) is 5.32 Å². The second-order valence-corrected chi connectivity index (χ2v) is 7.83. The maximum absolute atomic E-state index is 14.4. The van der Waals surface area contributed by atoms with Crippen LogP contribution in [-0.4, -0.2) is 36.6 Å². The Bertz CT molecular complexity index is 1020. The summed E-state index contributed by atoms with van der Waals surface area (Å²) in [5.74, 6) is -1.81. The molecular weight excluding hydrogens is 377 g/mol. The molecule has 2 aromatic rings. The zero-order chi connectivity index (χ0) is 19.8. The number of carbonyl (C=O) groups excluding carboxylic acids is 1. The summed E-state index contributed by atoms with van der Waals surface area (Å²) in [6, 6.07) is 8.65. The number of amides is 1. The second-order valence-electron chi connectivity index (χ2n) is 6.00. The highest BCUT2D eigenvalue weighted by Crippen LogP contribution is 2.34. The van der Waals surface area contributed by atoms with Crippen LogP contribution in [0.5, 0.6) is 0 Å². The number of sulfonamides is 1. The molecule has 0 unspecified atom stereocenters. The van der Waals surface area contributed by atoms with Gasteiger partial charge in [-0.05, 0) is 23.6 Å². The summed E-state index contributed by atoms with van der Waals surface area (Å²) in [5, 5.41) is 13.6. The molecule has 0 radical (unpaired) electrons. The number of nitro benzene ring substituents is 1. The van der Waals surface area contributed by atoms with Gasteiger partial charge < -0.3 is 5.32 Å². The van der Waals surface area contributed by atoms with E-state index >= 15 is 0 Å². The number of rotatable bonds is 4. The van der Waals surface area contributed by atoms with Crippen molar-refractivity contribution in [3.63, 3.8) is 0 Å². The minimum absolute atomic E-state index is 0.0807. The fourth-order valence-corrected chi connectivity index (χ4v) is 4.93. The predicted molar refractivity (Wildman–Crippen MR) is 93.8 cm³/mol. The number of hydrogen-bond acceptors (Lipinski definition) is 5. The molecule has 1 N–H and O–H groups in total. The molecule has 1 aliphatic rings. The molecule has 0 saturated heterocycles. The maximum Gasteiger partial charge on any atom is 0.292 e. The van der Waals surface area contributed by atoms with Crippen molar-refractivity contribution in [2.75, 3.05) is 7.05 Å². The Morgan fingerprint density at radius 2 is 1.89 bits per heavy atom. The van der Waals surface area contributed by atoms with Crippen molar-refractivity contribution in [1.29, 1.82) is 0 Å². The van der Waals surface area contributed by atoms with Gasteiger partial charge in [-0.2, -0.15) is 4.31 Å². The standard InChI is InChI=1S/C17H16FN3O5S/c1-19-17(22)15-9-11-5-2-3-6-12(11)10-20(15)27(25,26)16-13(18)7-4-8-14(16)21(23)24/h2-8,15H,9-10H2,1H3,(H,19,22)/t15-/m0/s1. The molecule has 1 amide bonds. The van der Waals surface area contributed by atoms with Gasteiger partial charge in [0.2, 0.25) is 5.91 Å². The molecule has 1 aliphatic heterocycles. The fourth-order valence-electron chi connectivity index (χ4n) is 3.16. The van der Waals surface area contributed by atoms with Gasteiger partial charge in [0.1, 0.15) is 11.9 Å². The molecule has 2 aromatic carbocycles. The van der Waals surface area contributed by atoms with Crippen LogP contribution in [-0.2, 0) is 27.8 Å². The topological polar surface area (TPSA) is 110 Å². The van der Waals surface area contributed by atoms with E-state index in [0.717, 1.165) is 28.1 Å². The first-order chi connectivity index (χ1) is 12.8. The van der Waals surface area contributed by atoms with Crippen LogP contribution in [0.25, 0.3) is 0 Å². The molecule has 0 aliphatic carbocycles. The van der Waals surface area contributed by atoms with E-state index in [9.17, 15) is 27.7 Å². The average molecular weight is 393 g/mol. The number of nitrogens with one attached hydrogen (secondary N) is 1. The lowest BCUT2D eigenvalue weighted by Crippen LogP contribution is -2.52. The SMILES string of the molecule is CNC(=O)[C@@H]1Cc2ccccc2CN1S(=O)(=O)c1c(F)cccc1[N+](=O)[O-]. The van der Waals surface area contributed by atoms with Gasteiger partial charge >= 0.3 is 0 Å². The minimum Gasteiger partial charge on any atom is -0.358 e. The van der Waals surface area contributed by atoms with Crippen LogP contribution in [0.15, 0.2) is 47.4 Å². The average Bonchev–Trinajstić information content (AvgIpc) is 2.65. The molecular formula is C17H16FN3O5S. The van der Waals surface area contributed by atoms with Gasteiger partial charge in [-0.1, -0.05) is 30.3 Å². The Morgan fingerprint density at radius 1 is 1.22 bits per heavy atom. The third kappa shape index (κ3) is 3.28. The summed E-state index contributed by atoms with van der Waals surface area (Å²) in [4.78, 5) is 21.6. The lowest BCUT2D eigenvalue weighted by Gasteiger charge is -2.34. The fraction of sp³-hybridized carbons (Fsp3) is 0.235. The molecule has 27 heavy (non-hydrogen) atoms. The van der Waals surface area contributed by atoms with Gasteiger partial charge in [0, 0.05) is 19.7 Å². The quantitative estimate of drug-likeness (QED) is 0.627. The maximum atomic E-state index is 14.4. The molecule has 1 heterocycles. The van der Waals surface area contributed by atoms with Gasteiger partial charge in [0.05, 0.1) is 4.92 Å². The number of benzene rings is 2. The highest BCUT2D eigenvalue weighted by atomic mass is 32.2. The number of nitrogens with zero attached hydrogens (tertiary/aromatic N) is 2. The summed E-state index contributed by atoms with van der Waals surface area (Å²) >= 11 is 0. The first-order valence-corrected chi connectivity index (χ1v) is 9.44. The van der Waals surface area contributed by atoms with E-state index in [1.54, 1.807) is 24.3 Å². The molecule has 0 spiro atoms. The number of hydrogen-bond donors (Lipinski definition) is 1. The number of nitro groups is 1. The van der Waals surface area contributed by atoms with Crippen molar-refractivity contribution in [3.8, 4) is 0 Å². The Labute approximate surface area is 154 Å². The summed E-state index contributed by atoms with van der Waals surface area (Å²) in [6.07, 6.45) is 0.0807. The highest BCUT2D eigenvalue weighted by Gasteiger charge is 2.43. The van der Waals surface area contributed by atoms with Crippen molar-refractivity contribution in [3.05, 3.63) is 69.5 Å². The van der Waals surface area contributed by atoms with Crippen LogP contribution >= 0.6 is 0 Å². The molecule has 0 fully saturated rings. The van der Waals surface area contributed by atoms with Gasteiger partial charge in [-0.3, -0.25) is 14.9 Å². The van der Waals surface area contributed by atoms with Crippen LogP contribution in [0.2, 0.25) is 0 Å². The first kappa shape index (κ1) is 18.9. The summed E-state index contributed by atoms with van der Waals surface area (Å²) in [6.45, 7) is -0.192. The molecule has 0 saturated carbocycles. The van der Waals surface area contributed by atoms with Crippen molar-refractivity contribution < 1.29 is 22.5 Å².